The van der Waals surface area contributed by atoms with Crippen LogP contribution in [0.3, 0.4) is 0 Å². The summed E-state index contributed by atoms with van der Waals surface area (Å²) < 4.78 is 0. The molecule has 1 atom stereocenters. The van der Waals surface area contributed by atoms with Crippen LogP contribution in [0.25, 0.3) is 22.3 Å². The van der Waals surface area contributed by atoms with E-state index in [4.69, 9.17) is 5.73 Å². The Balaban J connectivity index is 1.38. The van der Waals surface area contributed by atoms with E-state index in [1.54, 1.807) is 6.33 Å². The molecule has 6 heteroatoms. The minimum Gasteiger partial charge on any atom is -0.339 e. The first kappa shape index (κ1) is 21.8. The number of fused-ring (bicyclic) bond motifs is 1. The van der Waals surface area contributed by atoms with Crippen molar-refractivity contribution in [2.24, 2.45) is 5.73 Å². The van der Waals surface area contributed by atoms with Crippen LogP contribution < -0.4 is 5.73 Å². The number of likely N-dealkylation sites (N-methyl/N-ethyl adjacent to an activating group) is 1. The molecule has 0 radical (unpaired) electrons. The fraction of sp³-hybridized carbons (Fsp3) is 0.333. The number of hydrogen-bond donors (Lipinski definition) is 2. The highest BCUT2D eigenvalue weighted by Gasteiger charge is 2.28. The van der Waals surface area contributed by atoms with Gasteiger partial charge in [-0.25, -0.2) is 9.97 Å². The zero-order valence-corrected chi connectivity index (χ0v) is 19.5. The molecule has 0 spiro atoms. The van der Waals surface area contributed by atoms with E-state index in [0.29, 0.717) is 0 Å². The van der Waals surface area contributed by atoms with Crippen LogP contribution in [0.2, 0.25) is 0 Å². The lowest BCUT2D eigenvalue weighted by Crippen LogP contribution is -2.45. The second-order valence-electron chi connectivity index (χ2n) is 9.14. The maximum Gasteiger partial charge on any atom is 0.141 e. The summed E-state index contributed by atoms with van der Waals surface area (Å²) >= 11 is 0. The molecule has 0 amide bonds. The van der Waals surface area contributed by atoms with Gasteiger partial charge in [-0.2, -0.15) is 0 Å². The Morgan fingerprint density at radius 3 is 2.33 bits per heavy atom. The number of nitrogens with zero attached hydrogens (tertiary/aromatic N) is 4. The van der Waals surface area contributed by atoms with E-state index >= 15 is 0 Å². The van der Waals surface area contributed by atoms with Crippen LogP contribution in [0.1, 0.15) is 30.7 Å². The molecule has 1 fully saturated rings. The molecule has 5 rings (SSSR count). The normalized spacial score (nSPS) is 17.3. The summed E-state index contributed by atoms with van der Waals surface area (Å²) in [6.45, 7) is 11.0. The number of nitrogens with one attached hydrogen (secondary N) is 1. The van der Waals surface area contributed by atoms with Gasteiger partial charge in [0, 0.05) is 43.8 Å². The predicted molar refractivity (Wildman–Crippen MR) is 134 cm³/mol. The lowest BCUT2D eigenvalue weighted by atomic mass is 9.88. The van der Waals surface area contributed by atoms with E-state index < -0.39 is 5.54 Å². The Bertz CT molecular complexity index is 1200. The summed E-state index contributed by atoms with van der Waals surface area (Å²) in [6.07, 6.45) is 1.59. The van der Waals surface area contributed by atoms with Crippen LogP contribution in [0.15, 0.2) is 67.0 Å². The number of nitrogens with two attached hydrogens (primary N) is 1. The lowest BCUT2D eigenvalue weighted by molar-refractivity contribution is 0.132. The molecule has 2 aromatic carbocycles. The summed E-state index contributed by atoms with van der Waals surface area (Å²) in [4.78, 5) is 17.6. The Morgan fingerprint density at radius 1 is 0.939 bits per heavy atom. The van der Waals surface area contributed by atoms with E-state index in [2.05, 4.69) is 62.0 Å². The first-order valence-corrected chi connectivity index (χ1v) is 11.8. The molecule has 4 aromatic rings. The molecule has 0 bridgehead atoms. The summed E-state index contributed by atoms with van der Waals surface area (Å²) in [5.74, 6) is 0. The first-order valence-electron chi connectivity index (χ1n) is 11.8. The van der Waals surface area contributed by atoms with E-state index in [-0.39, 0.29) is 0 Å². The minimum absolute atomic E-state index is 0.715. The van der Waals surface area contributed by atoms with Gasteiger partial charge in [-0.05, 0) is 36.2 Å². The molecule has 33 heavy (non-hydrogen) atoms. The summed E-state index contributed by atoms with van der Waals surface area (Å²) in [7, 11) is 0. The molecule has 170 valence electrons. The molecule has 6 nitrogen and oxygen atoms in total. The van der Waals surface area contributed by atoms with Crippen LogP contribution in [-0.4, -0.2) is 57.5 Å². The van der Waals surface area contributed by atoms with Crippen molar-refractivity contribution in [2.75, 3.05) is 32.7 Å². The monoisotopic (exact) mass is 440 g/mol. The smallest absolute Gasteiger partial charge is 0.141 e. The zero-order chi connectivity index (χ0) is 22.8. The third kappa shape index (κ3) is 4.42. The third-order valence-electron chi connectivity index (χ3n) is 6.87. The second kappa shape index (κ2) is 9.06. The van der Waals surface area contributed by atoms with Crippen molar-refractivity contribution >= 4 is 11.0 Å². The van der Waals surface area contributed by atoms with Crippen molar-refractivity contribution in [3.05, 3.63) is 83.8 Å². The molecule has 0 unspecified atom stereocenters. The van der Waals surface area contributed by atoms with Gasteiger partial charge in [-0.3, -0.25) is 4.90 Å². The Morgan fingerprint density at radius 2 is 1.64 bits per heavy atom. The zero-order valence-electron chi connectivity index (χ0n) is 19.5. The highest BCUT2D eigenvalue weighted by Crippen LogP contribution is 2.32. The van der Waals surface area contributed by atoms with Crippen molar-refractivity contribution < 1.29 is 0 Å². The Labute approximate surface area is 195 Å². The van der Waals surface area contributed by atoms with Gasteiger partial charge in [-0.1, -0.05) is 61.5 Å². The van der Waals surface area contributed by atoms with Gasteiger partial charge in [0.1, 0.15) is 12.0 Å². The quantitative estimate of drug-likeness (QED) is 0.474. The molecular weight excluding hydrogens is 408 g/mol. The summed E-state index contributed by atoms with van der Waals surface area (Å²) in [6, 6.07) is 21.1. The van der Waals surface area contributed by atoms with E-state index in [0.717, 1.165) is 72.8 Å². The van der Waals surface area contributed by atoms with Gasteiger partial charge in [0.05, 0.1) is 11.2 Å². The summed E-state index contributed by atoms with van der Waals surface area (Å²) in [5, 5.41) is 0.958. The number of aromatic amines is 1. The lowest BCUT2D eigenvalue weighted by Gasteiger charge is -2.34. The molecule has 1 saturated heterocycles. The highest BCUT2D eigenvalue weighted by molar-refractivity contribution is 5.86. The second-order valence-corrected chi connectivity index (χ2v) is 9.14. The largest absolute Gasteiger partial charge is 0.339 e. The van der Waals surface area contributed by atoms with Crippen molar-refractivity contribution in [3.63, 3.8) is 0 Å². The third-order valence-corrected chi connectivity index (χ3v) is 6.87. The van der Waals surface area contributed by atoms with Gasteiger partial charge in [-0.15, -0.1) is 0 Å². The van der Waals surface area contributed by atoms with E-state index in [9.17, 15) is 0 Å². The molecular formula is C27H32N6. The first-order chi connectivity index (χ1) is 16.0. The van der Waals surface area contributed by atoms with Crippen LogP contribution >= 0.6 is 0 Å². The standard InChI is InChI=1S/C27H32N6/c1-3-32-13-15-33(16-14-32)18-20-9-11-21(12-10-20)24-17-23-25(29-19-30-26(23)31-24)27(2,28)22-7-5-4-6-8-22/h4-12,17,19H,3,13-16,18,28H2,1-2H3,(H,29,30,31)/t27-/m1/s1. The van der Waals surface area contributed by atoms with Crippen molar-refractivity contribution in [2.45, 2.75) is 25.9 Å². The van der Waals surface area contributed by atoms with Crippen molar-refractivity contribution in [3.8, 4) is 11.3 Å². The molecule has 0 aliphatic carbocycles. The average molecular weight is 441 g/mol. The van der Waals surface area contributed by atoms with Crippen LogP contribution in [0.5, 0.6) is 0 Å². The van der Waals surface area contributed by atoms with Crippen molar-refractivity contribution in [1.29, 1.82) is 0 Å². The molecule has 1 aliphatic heterocycles. The van der Waals surface area contributed by atoms with E-state index in [1.165, 1.54) is 5.56 Å². The minimum atomic E-state index is -0.715. The molecule has 2 aromatic heterocycles. The fourth-order valence-electron chi connectivity index (χ4n) is 4.74. The van der Waals surface area contributed by atoms with Crippen LogP contribution in [0.4, 0.5) is 0 Å². The Hall–Kier alpha value is -3.06. The SMILES string of the molecule is CCN1CCN(Cc2ccc(-c3cc4c([C@](C)(N)c5ccccc5)ncnc4[nH]3)cc2)CC1. The molecule has 3 N–H and O–H groups in total. The van der Waals surface area contributed by atoms with Gasteiger partial charge in [0.2, 0.25) is 0 Å². The van der Waals surface area contributed by atoms with Gasteiger partial charge >= 0.3 is 0 Å². The molecule has 3 heterocycles. The number of piperazine rings is 1. The number of H-pyrrole nitrogens is 1. The number of aromatic nitrogens is 3. The highest BCUT2D eigenvalue weighted by atomic mass is 15.3. The van der Waals surface area contributed by atoms with E-state index in [1.807, 2.05) is 37.3 Å². The van der Waals surface area contributed by atoms with Gasteiger partial charge < -0.3 is 15.6 Å². The maximum atomic E-state index is 6.79. The maximum absolute atomic E-state index is 6.79. The average Bonchev–Trinajstić information content (AvgIpc) is 3.30. The summed E-state index contributed by atoms with van der Waals surface area (Å²) in [5.41, 5.74) is 12.2. The molecule has 1 aliphatic rings. The fourth-order valence-corrected chi connectivity index (χ4v) is 4.74. The van der Waals surface area contributed by atoms with Crippen molar-refractivity contribution in [1.82, 2.24) is 24.8 Å². The predicted octanol–water partition coefficient (Wildman–Crippen LogP) is 3.98. The van der Waals surface area contributed by atoms with Crippen LogP contribution in [-0.2, 0) is 12.1 Å². The molecule has 0 saturated carbocycles. The topological polar surface area (TPSA) is 74.1 Å². The van der Waals surface area contributed by atoms with Gasteiger partial charge in [0.25, 0.3) is 0 Å². The number of benzene rings is 2. The Kier molecular flexibility index (Phi) is 5.98. The van der Waals surface area contributed by atoms with Crippen LogP contribution in [0, 0.1) is 0 Å². The number of rotatable bonds is 6. The van der Waals surface area contributed by atoms with Gasteiger partial charge in [0.15, 0.2) is 0 Å². The number of hydrogen-bond acceptors (Lipinski definition) is 5.